The van der Waals surface area contributed by atoms with Gasteiger partial charge < -0.3 is 9.47 Å². The molecule has 0 aliphatic heterocycles. The van der Waals surface area contributed by atoms with Gasteiger partial charge in [-0.15, -0.1) is 0 Å². The third kappa shape index (κ3) is 4.55. The zero-order chi connectivity index (χ0) is 19.6. The Morgan fingerprint density at radius 1 is 1.19 bits per heavy atom. The maximum absolute atomic E-state index is 6.48. The molecular weight excluding hydrogens is 336 g/mol. The van der Waals surface area contributed by atoms with Gasteiger partial charge >= 0.3 is 0 Å². The van der Waals surface area contributed by atoms with Crippen molar-refractivity contribution in [2.75, 3.05) is 13.7 Å². The Balaban J connectivity index is 1.80. The van der Waals surface area contributed by atoms with Crippen molar-refractivity contribution in [1.29, 1.82) is 0 Å². The first-order valence-electron chi connectivity index (χ1n) is 10.5. The summed E-state index contributed by atoms with van der Waals surface area (Å²) in [5.74, 6) is 2.19. The molecule has 4 nitrogen and oxygen atoms in total. The SMILES string of the molecule is COCCn1c[n+](CO[C@H]2C[C@H](C(C)C)CC[C@@H]2C)c2cc(C)c(C)cc21. The Morgan fingerprint density at radius 2 is 1.93 bits per heavy atom. The van der Waals surface area contributed by atoms with E-state index in [1.807, 2.05) is 0 Å². The van der Waals surface area contributed by atoms with E-state index in [9.17, 15) is 0 Å². The van der Waals surface area contributed by atoms with Crippen molar-refractivity contribution in [3.8, 4) is 0 Å². The number of aromatic nitrogens is 2. The first-order valence-corrected chi connectivity index (χ1v) is 10.5. The Bertz CT molecular complexity index is 765. The molecule has 1 aromatic carbocycles. The van der Waals surface area contributed by atoms with Gasteiger partial charge in [-0.3, -0.25) is 0 Å². The normalized spacial score (nSPS) is 23.4. The molecule has 3 atom stereocenters. The van der Waals surface area contributed by atoms with Crippen LogP contribution in [0.1, 0.15) is 51.2 Å². The van der Waals surface area contributed by atoms with E-state index in [0.717, 1.165) is 18.4 Å². The summed E-state index contributed by atoms with van der Waals surface area (Å²) >= 11 is 0. The number of hydrogen-bond donors (Lipinski definition) is 0. The van der Waals surface area contributed by atoms with Crippen molar-refractivity contribution in [1.82, 2.24) is 4.57 Å². The minimum absolute atomic E-state index is 0.363. The van der Waals surface area contributed by atoms with Crippen molar-refractivity contribution < 1.29 is 14.0 Å². The fraction of sp³-hybridized carbons (Fsp3) is 0.696. The lowest BCUT2D eigenvalue weighted by Gasteiger charge is -2.35. The van der Waals surface area contributed by atoms with Gasteiger partial charge in [0.15, 0.2) is 17.8 Å². The highest BCUT2D eigenvalue weighted by Crippen LogP contribution is 2.35. The summed E-state index contributed by atoms with van der Waals surface area (Å²) in [5.41, 5.74) is 5.16. The molecule has 1 aromatic heterocycles. The highest BCUT2D eigenvalue weighted by molar-refractivity contribution is 5.74. The van der Waals surface area contributed by atoms with E-state index in [1.54, 1.807) is 7.11 Å². The number of methoxy groups -OCH3 is 1. The maximum Gasteiger partial charge on any atom is 0.246 e. The van der Waals surface area contributed by atoms with E-state index >= 15 is 0 Å². The fourth-order valence-corrected chi connectivity index (χ4v) is 4.33. The van der Waals surface area contributed by atoms with Crippen LogP contribution in [0.2, 0.25) is 0 Å². The maximum atomic E-state index is 6.48. The lowest BCUT2D eigenvalue weighted by Crippen LogP contribution is -2.40. The molecule has 0 N–H and O–H groups in total. The number of imidazole rings is 1. The molecule has 0 amide bonds. The summed E-state index contributed by atoms with van der Waals surface area (Å²) in [6.45, 7) is 13.6. The predicted octanol–water partition coefficient (Wildman–Crippen LogP) is 4.63. The summed E-state index contributed by atoms with van der Waals surface area (Å²) in [5, 5.41) is 0. The molecule has 4 heteroatoms. The molecule has 0 radical (unpaired) electrons. The summed E-state index contributed by atoms with van der Waals surface area (Å²) < 4.78 is 16.3. The molecule has 1 saturated carbocycles. The number of hydrogen-bond acceptors (Lipinski definition) is 2. The largest absolute Gasteiger partial charge is 0.381 e. The molecule has 1 fully saturated rings. The molecule has 0 bridgehead atoms. The first kappa shape index (κ1) is 20.3. The minimum Gasteiger partial charge on any atom is -0.381 e. The molecule has 1 aliphatic rings. The smallest absolute Gasteiger partial charge is 0.246 e. The van der Waals surface area contributed by atoms with Crippen molar-refractivity contribution >= 4 is 11.0 Å². The molecule has 0 unspecified atom stereocenters. The van der Waals surface area contributed by atoms with Crippen molar-refractivity contribution in [2.45, 2.75) is 73.3 Å². The van der Waals surface area contributed by atoms with Crippen LogP contribution in [0.4, 0.5) is 0 Å². The molecule has 27 heavy (non-hydrogen) atoms. The van der Waals surface area contributed by atoms with E-state index in [-0.39, 0.29) is 0 Å². The molecule has 150 valence electrons. The van der Waals surface area contributed by atoms with Crippen LogP contribution >= 0.6 is 0 Å². The number of fused-ring (bicyclic) bond motifs is 1. The second kappa shape index (κ2) is 8.74. The van der Waals surface area contributed by atoms with Gasteiger partial charge in [0, 0.05) is 7.11 Å². The van der Waals surface area contributed by atoms with Crippen molar-refractivity contribution in [3.63, 3.8) is 0 Å². The standard InChI is InChI=1S/C23H37N2O2/c1-16(2)20-8-7-17(3)23(13-20)27-15-25-14-24(9-10-26-6)21-11-18(4)19(5)12-22(21)25/h11-12,14,16-17,20,23H,7-10,13,15H2,1-6H3/q+1/t17-,20+,23-/m0/s1. The van der Waals surface area contributed by atoms with Gasteiger partial charge in [0.1, 0.15) is 6.54 Å². The van der Waals surface area contributed by atoms with Crippen molar-refractivity contribution in [3.05, 3.63) is 29.6 Å². The van der Waals surface area contributed by atoms with Crippen LogP contribution < -0.4 is 4.57 Å². The Morgan fingerprint density at radius 3 is 2.63 bits per heavy atom. The van der Waals surface area contributed by atoms with Crippen LogP contribution in [0.3, 0.4) is 0 Å². The molecule has 0 saturated heterocycles. The quantitative estimate of drug-likeness (QED) is 0.662. The van der Waals surface area contributed by atoms with Crippen LogP contribution in [0, 0.1) is 31.6 Å². The second-order valence-corrected chi connectivity index (χ2v) is 8.83. The Kier molecular flexibility index (Phi) is 6.59. The molecule has 0 spiro atoms. The molecule has 1 aliphatic carbocycles. The highest BCUT2D eigenvalue weighted by Gasteiger charge is 2.30. The average molecular weight is 374 g/mol. The van der Waals surface area contributed by atoms with E-state index < -0.39 is 0 Å². The average Bonchev–Trinajstić information content (AvgIpc) is 2.96. The fourth-order valence-electron chi connectivity index (χ4n) is 4.33. The number of nitrogens with zero attached hydrogens (tertiary/aromatic N) is 2. The lowest BCUT2D eigenvalue weighted by molar-refractivity contribution is -0.713. The third-order valence-corrected chi connectivity index (χ3v) is 6.56. The molecule has 3 rings (SSSR count). The van der Waals surface area contributed by atoms with Gasteiger partial charge in [-0.25, -0.2) is 9.13 Å². The van der Waals surface area contributed by atoms with Gasteiger partial charge in [0.05, 0.1) is 12.7 Å². The van der Waals surface area contributed by atoms with E-state index in [4.69, 9.17) is 9.47 Å². The minimum atomic E-state index is 0.363. The highest BCUT2D eigenvalue weighted by atomic mass is 16.5. The molecule has 2 aromatic rings. The van der Waals surface area contributed by atoms with E-state index in [2.05, 4.69) is 62.2 Å². The van der Waals surface area contributed by atoms with Crippen LogP contribution in [0.25, 0.3) is 11.0 Å². The summed E-state index contributed by atoms with van der Waals surface area (Å²) in [7, 11) is 1.76. The van der Waals surface area contributed by atoms with Gasteiger partial charge in [-0.1, -0.05) is 20.8 Å². The number of benzene rings is 1. The lowest BCUT2D eigenvalue weighted by atomic mass is 9.76. The Hall–Kier alpha value is -1.39. The van der Waals surface area contributed by atoms with Crippen LogP contribution in [-0.2, 0) is 22.7 Å². The zero-order valence-electron chi connectivity index (χ0n) is 18.0. The van der Waals surface area contributed by atoms with Gasteiger partial charge in [-0.05, 0) is 74.1 Å². The number of rotatable bonds is 7. The van der Waals surface area contributed by atoms with E-state index in [1.165, 1.54) is 41.4 Å². The Labute approximate surface area is 164 Å². The van der Waals surface area contributed by atoms with E-state index in [0.29, 0.717) is 25.4 Å². The topological polar surface area (TPSA) is 27.3 Å². The first-order chi connectivity index (χ1) is 12.9. The number of aryl methyl sites for hydroxylation is 2. The monoisotopic (exact) mass is 373 g/mol. The van der Waals surface area contributed by atoms with Crippen LogP contribution in [-0.4, -0.2) is 24.4 Å². The molecular formula is C23H37N2O2+. The summed E-state index contributed by atoms with van der Waals surface area (Å²) in [4.78, 5) is 0. The van der Waals surface area contributed by atoms with Crippen LogP contribution in [0.5, 0.6) is 0 Å². The molecule has 1 heterocycles. The second-order valence-electron chi connectivity index (χ2n) is 8.83. The summed E-state index contributed by atoms with van der Waals surface area (Å²) in [6.07, 6.45) is 6.38. The number of ether oxygens (including phenoxy) is 2. The zero-order valence-corrected chi connectivity index (χ0v) is 18.0. The van der Waals surface area contributed by atoms with Gasteiger partial charge in [0.25, 0.3) is 0 Å². The van der Waals surface area contributed by atoms with Crippen LogP contribution in [0.15, 0.2) is 18.5 Å². The summed E-state index contributed by atoms with van der Waals surface area (Å²) in [6, 6.07) is 4.58. The third-order valence-electron chi connectivity index (χ3n) is 6.56. The predicted molar refractivity (Wildman–Crippen MR) is 110 cm³/mol. The van der Waals surface area contributed by atoms with Gasteiger partial charge in [-0.2, -0.15) is 0 Å². The van der Waals surface area contributed by atoms with Crippen molar-refractivity contribution in [2.24, 2.45) is 17.8 Å². The van der Waals surface area contributed by atoms with Gasteiger partial charge in [0.2, 0.25) is 6.33 Å².